The van der Waals surface area contributed by atoms with Crippen LogP contribution in [0, 0.1) is 0 Å². The van der Waals surface area contributed by atoms with E-state index in [9.17, 15) is 17.2 Å². The van der Waals surface area contributed by atoms with Crippen LogP contribution >= 0.6 is 11.6 Å². The number of benzene rings is 2. The highest BCUT2D eigenvalue weighted by Crippen LogP contribution is 2.30. The van der Waals surface area contributed by atoms with Crippen LogP contribution in [0.2, 0.25) is 5.02 Å². The first-order valence-corrected chi connectivity index (χ1v) is 8.32. The molecule has 2 rings (SSSR count). The standard InChI is InChI=1S/C15H14ClF2NO2S/c1-19(10-11-6-2-3-7-12(11)16)13-8-4-5-9-14(13)22(20,21)15(17)18/h2-9,15H,10H2,1H3. The molecule has 0 saturated heterocycles. The Hall–Kier alpha value is -1.66. The van der Waals surface area contributed by atoms with Crippen LogP contribution in [-0.2, 0) is 16.4 Å². The maximum atomic E-state index is 12.8. The molecule has 0 radical (unpaired) electrons. The van der Waals surface area contributed by atoms with Gasteiger partial charge in [0.1, 0.15) is 0 Å². The normalized spacial score (nSPS) is 11.7. The fourth-order valence-corrected chi connectivity index (χ4v) is 3.25. The summed E-state index contributed by atoms with van der Waals surface area (Å²) in [7, 11) is -3.03. The van der Waals surface area contributed by atoms with Crippen molar-refractivity contribution < 1.29 is 17.2 Å². The zero-order valence-corrected chi connectivity index (χ0v) is 13.3. The number of hydrogen-bond donors (Lipinski definition) is 0. The monoisotopic (exact) mass is 345 g/mol. The number of halogens is 3. The molecular weight excluding hydrogens is 332 g/mol. The van der Waals surface area contributed by atoms with Gasteiger partial charge in [-0.25, -0.2) is 8.42 Å². The average Bonchev–Trinajstić information content (AvgIpc) is 2.49. The molecule has 2 aromatic carbocycles. The van der Waals surface area contributed by atoms with Gasteiger partial charge in [0.25, 0.3) is 0 Å². The van der Waals surface area contributed by atoms with Crippen LogP contribution < -0.4 is 4.90 Å². The Morgan fingerprint density at radius 2 is 1.68 bits per heavy atom. The number of para-hydroxylation sites is 1. The molecule has 0 aliphatic heterocycles. The summed E-state index contributed by atoms with van der Waals surface area (Å²) in [4.78, 5) is 1.19. The smallest absolute Gasteiger partial charge is 0.341 e. The molecule has 0 aliphatic rings. The summed E-state index contributed by atoms with van der Waals surface area (Å²) in [6.07, 6.45) is 0. The zero-order chi connectivity index (χ0) is 16.3. The van der Waals surface area contributed by atoms with E-state index in [4.69, 9.17) is 11.6 Å². The Morgan fingerprint density at radius 1 is 1.09 bits per heavy atom. The molecule has 0 bridgehead atoms. The topological polar surface area (TPSA) is 37.4 Å². The van der Waals surface area contributed by atoms with E-state index in [1.54, 1.807) is 42.3 Å². The number of anilines is 1. The summed E-state index contributed by atoms with van der Waals surface area (Å²) < 4.78 is 49.2. The van der Waals surface area contributed by atoms with Crippen LogP contribution in [0.4, 0.5) is 14.5 Å². The van der Waals surface area contributed by atoms with E-state index in [2.05, 4.69) is 0 Å². The molecule has 0 amide bonds. The quantitative estimate of drug-likeness (QED) is 0.822. The van der Waals surface area contributed by atoms with Crippen molar-refractivity contribution in [1.82, 2.24) is 0 Å². The minimum absolute atomic E-state index is 0.211. The fourth-order valence-electron chi connectivity index (χ4n) is 2.08. The third kappa shape index (κ3) is 3.39. The lowest BCUT2D eigenvalue weighted by molar-refractivity contribution is 0.235. The van der Waals surface area contributed by atoms with Gasteiger partial charge in [0.05, 0.1) is 10.6 Å². The van der Waals surface area contributed by atoms with Crippen LogP contribution in [0.15, 0.2) is 53.4 Å². The zero-order valence-electron chi connectivity index (χ0n) is 11.7. The predicted octanol–water partition coefficient (Wildman–Crippen LogP) is 3.97. The lowest BCUT2D eigenvalue weighted by atomic mass is 10.2. The number of sulfone groups is 1. The molecule has 22 heavy (non-hydrogen) atoms. The van der Waals surface area contributed by atoms with Crippen LogP contribution in [-0.4, -0.2) is 21.2 Å². The second-order valence-electron chi connectivity index (χ2n) is 4.72. The lowest BCUT2D eigenvalue weighted by Crippen LogP contribution is -2.21. The first kappa shape index (κ1) is 16.7. The van der Waals surface area contributed by atoms with Gasteiger partial charge in [-0.15, -0.1) is 0 Å². The van der Waals surface area contributed by atoms with E-state index in [0.29, 0.717) is 11.6 Å². The van der Waals surface area contributed by atoms with E-state index < -0.39 is 15.6 Å². The summed E-state index contributed by atoms with van der Waals surface area (Å²) in [6.45, 7) is 0.301. The number of alkyl halides is 2. The van der Waals surface area contributed by atoms with Crippen LogP contribution in [0.3, 0.4) is 0 Å². The van der Waals surface area contributed by atoms with E-state index in [1.165, 1.54) is 18.2 Å². The van der Waals surface area contributed by atoms with Gasteiger partial charge in [-0.05, 0) is 23.8 Å². The van der Waals surface area contributed by atoms with Crippen molar-refractivity contribution in [3.05, 3.63) is 59.1 Å². The summed E-state index contributed by atoms with van der Waals surface area (Å²) in [5, 5.41) is 0.531. The number of rotatable bonds is 5. The molecule has 0 aliphatic carbocycles. The molecule has 0 heterocycles. The Labute approximate surface area is 133 Å². The minimum atomic E-state index is -4.66. The van der Waals surface area contributed by atoms with Crippen molar-refractivity contribution in [3.63, 3.8) is 0 Å². The molecule has 0 N–H and O–H groups in total. The molecule has 0 fully saturated rings. The van der Waals surface area contributed by atoms with Crippen molar-refractivity contribution >= 4 is 27.1 Å². The van der Waals surface area contributed by atoms with Gasteiger partial charge in [0.2, 0.25) is 9.84 Å². The highest BCUT2D eigenvalue weighted by molar-refractivity contribution is 7.91. The first-order valence-electron chi connectivity index (χ1n) is 6.39. The molecule has 7 heteroatoms. The molecule has 2 aromatic rings. The number of nitrogens with zero attached hydrogens (tertiary/aromatic N) is 1. The summed E-state index contributed by atoms with van der Waals surface area (Å²) in [6, 6.07) is 12.8. The third-order valence-electron chi connectivity index (χ3n) is 3.18. The van der Waals surface area contributed by atoms with Crippen molar-refractivity contribution in [1.29, 1.82) is 0 Å². The highest BCUT2D eigenvalue weighted by atomic mass is 35.5. The maximum absolute atomic E-state index is 12.8. The molecular formula is C15H14ClF2NO2S. The second-order valence-corrected chi connectivity index (χ2v) is 7.01. The van der Waals surface area contributed by atoms with Gasteiger partial charge >= 0.3 is 5.76 Å². The van der Waals surface area contributed by atoms with Crippen LogP contribution in [0.5, 0.6) is 0 Å². The second kappa shape index (κ2) is 6.62. The molecule has 0 unspecified atom stereocenters. The summed E-state index contributed by atoms with van der Waals surface area (Å²) >= 11 is 6.07. The van der Waals surface area contributed by atoms with Crippen molar-refractivity contribution in [3.8, 4) is 0 Å². The van der Waals surface area contributed by atoms with E-state index in [0.717, 1.165) is 5.56 Å². The Bertz CT molecular complexity index is 766. The lowest BCUT2D eigenvalue weighted by Gasteiger charge is -2.22. The van der Waals surface area contributed by atoms with Crippen LogP contribution in [0.1, 0.15) is 5.56 Å². The van der Waals surface area contributed by atoms with Crippen molar-refractivity contribution in [2.24, 2.45) is 0 Å². The average molecular weight is 346 g/mol. The molecule has 0 spiro atoms. The molecule has 0 saturated carbocycles. The van der Waals surface area contributed by atoms with E-state index in [1.807, 2.05) is 0 Å². The molecule has 118 valence electrons. The van der Waals surface area contributed by atoms with Crippen LogP contribution in [0.25, 0.3) is 0 Å². The summed E-state index contributed by atoms with van der Waals surface area (Å²) in [5.74, 6) is -3.46. The van der Waals surface area contributed by atoms with Gasteiger partial charge in [0, 0.05) is 18.6 Å². The minimum Gasteiger partial charge on any atom is -0.369 e. The van der Waals surface area contributed by atoms with Crippen molar-refractivity contribution in [2.75, 3.05) is 11.9 Å². The van der Waals surface area contributed by atoms with Crippen molar-refractivity contribution in [2.45, 2.75) is 17.2 Å². The van der Waals surface area contributed by atoms with Gasteiger partial charge in [-0.2, -0.15) is 8.78 Å². The van der Waals surface area contributed by atoms with Gasteiger partial charge < -0.3 is 4.90 Å². The SMILES string of the molecule is CN(Cc1ccccc1Cl)c1ccccc1S(=O)(=O)C(F)F. The Balaban J connectivity index is 2.40. The molecule has 0 aromatic heterocycles. The molecule has 0 atom stereocenters. The Morgan fingerprint density at radius 3 is 2.32 bits per heavy atom. The number of hydrogen-bond acceptors (Lipinski definition) is 3. The van der Waals surface area contributed by atoms with E-state index in [-0.39, 0.29) is 10.6 Å². The van der Waals surface area contributed by atoms with E-state index >= 15 is 0 Å². The van der Waals surface area contributed by atoms with Gasteiger partial charge in [-0.1, -0.05) is 41.9 Å². The van der Waals surface area contributed by atoms with Gasteiger partial charge in [-0.3, -0.25) is 0 Å². The van der Waals surface area contributed by atoms with Gasteiger partial charge in [0.15, 0.2) is 0 Å². The highest BCUT2D eigenvalue weighted by Gasteiger charge is 2.29. The summed E-state index contributed by atoms with van der Waals surface area (Å²) in [5.41, 5.74) is 0.985. The first-order chi connectivity index (χ1) is 10.3. The predicted molar refractivity (Wildman–Crippen MR) is 83.2 cm³/mol. The fraction of sp³-hybridized carbons (Fsp3) is 0.200. The largest absolute Gasteiger partial charge is 0.369 e. The third-order valence-corrected chi connectivity index (χ3v) is 4.98. The molecule has 3 nitrogen and oxygen atoms in total. The Kier molecular flexibility index (Phi) is 5.03. The maximum Gasteiger partial charge on any atom is 0.341 e.